The van der Waals surface area contributed by atoms with Crippen LogP contribution in [-0.4, -0.2) is 44.1 Å². The standard InChI is InChI=1S/C20H24FN3O2/c1-26-19-9-5-3-7-16(19)18-13-22-10-11-24(18)14-20(25)23-12-15-6-2-4-8-17(15)21/h2-9,18,22H,10-14H2,1H3,(H,23,25). The quantitative estimate of drug-likeness (QED) is 0.831. The van der Waals surface area contributed by atoms with Gasteiger partial charge in [-0.3, -0.25) is 9.69 Å². The summed E-state index contributed by atoms with van der Waals surface area (Å²) in [5.41, 5.74) is 1.55. The summed E-state index contributed by atoms with van der Waals surface area (Å²) in [4.78, 5) is 14.5. The van der Waals surface area contributed by atoms with Gasteiger partial charge in [-0.15, -0.1) is 0 Å². The van der Waals surface area contributed by atoms with E-state index in [1.54, 1.807) is 25.3 Å². The molecule has 1 atom stereocenters. The van der Waals surface area contributed by atoms with Gasteiger partial charge in [0.1, 0.15) is 11.6 Å². The van der Waals surface area contributed by atoms with Gasteiger partial charge in [-0.05, 0) is 12.1 Å². The van der Waals surface area contributed by atoms with Gasteiger partial charge < -0.3 is 15.4 Å². The van der Waals surface area contributed by atoms with Crippen molar-refractivity contribution in [3.63, 3.8) is 0 Å². The van der Waals surface area contributed by atoms with E-state index < -0.39 is 0 Å². The molecule has 1 fully saturated rings. The van der Waals surface area contributed by atoms with E-state index in [0.29, 0.717) is 5.56 Å². The number of amides is 1. The summed E-state index contributed by atoms with van der Waals surface area (Å²) in [5, 5.41) is 6.19. The zero-order valence-electron chi connectivity index (χ0n) is 14.9. The first-order valence-electron chi connectivity index (χ1n) is 8.77. The van der Waals surface area contributed by atoms with E-state index in [1.807, 2.05) is 24.3 Å². The van der Waals surface area contributed by atoms with Crippen LogP contribution in [0.4, 0.5) is 4.39 Å². The summed E-state index contributed by atoms with van der Waals surface area (Å²) in [6.07, 6.45) is 0. The molecule has 138 valence electrons. The van der Waals surface area contributed by atoms with Crippen molar-refractivity contribution in [3.8, 4) is 5.75 Å². The lowest BCUT2D eigenvalue weighted by Crippen LogP contribution is -2.49. The van der Waals surface area contributed by atoms with E-state index in [9.17, 15) is 9.18 Å². The fourth-order valence-electron chi connectivity index (χ4n) is 3.26. The minimum atomic E-state index is -0.304. The summed E-state index contributed by atoms with van der Waals surface area (Å²) in [6, 6.07) is 14.4. The molecule has 5 nitrogen and oxygen atoms in total. The van der Waals surface area contributed by atoms with Crippen LogP contribution in [0.2, 0.25) is 0 Å². The predicted octanol–water partition coefficient (Wildman–Crippen LogP) is 2.10. The van der Waals surface area contributed by atoms with Crippen LogP contribution in [0, 0.1) is 5.82 Å². The third-order valence-corrected chi connectivity index (χ3v) is 4.63. The van der Waals surface area contributed by atoms with Crippen molar-refractivity contribution >= 4 is 5.91 Å². The molecular weight excluding hydrogens is 333 g/mol. The highest BCUT2D eigenvalue weighted by Gasteiger charge is 2.27. The molecule has 0 radical (unpaired) electrons. The molecule has 2 N–H and O–H groups in total. The number of nitrogens with one attached hydrogen (secondary N) is 2. The normalized spacial score (nSPS) is 17.7. The Hall–Kier alpha value is -2.44. The minimum Gasteiger partial charge on any atom is -0.496 e. The third kappa shape index (κ3) is 4.39. The number of carbonyl (C=O) groups excluding carboxylic acids is 1. The molecule has 6 heteroatoms. The fourth-order valence-corrected chi connectivity index (χ4v) is 3.26. The first-order valence-corrected chi connectivity index (χ1v) is 8.77. The molecule has 1 aliphatic heterocycles. The Morgan fingerprint density at radius 3 is 2.85 bits per heavy atom. The van der Waals surface area contributed by atoms with Gasteiger partial charge in [-0.25, -0.2) is 4.39 Å². The zero-order chi connectivity index (χ0) is 18.4. The van der Waals surface area contributed by atoms with Crippen molar-refractivity contribution in [1.82, 2.24) is 15.5 Å². The van der Waals surface area contributed by atoms with Crippen molar-refractivity contribution in [2.75, 3.05) is 33.3 Å². The third-order valence-electron chi connectivity index (χ3n) is 4.63. The summed E-state index contributed by atoms with van der Waals surface area (Å²) in [6.45, 7) is 2.79. The second-order valence-corrected chi connectivity index (χ2v) is 6.30. The van der Waals surface area contributed by atoms with Crippen molar-refractivity contribution in [3.05, 3.63) is 65.5 Å². The van der Waals surface area contributed by atoms with E-state index >= 15 is 0 Å². The molecule has 2 aromatic rings. The number of hydrogen-bond acceptors (Lipinski definition) is 4. The average Bonchev–Trinajstić information content (AvgIpc) is 2.68. The maximum atomic E-state index is 13.7. The Labute approximate surface area is 153 Å². The van der Waals surface area contributed by atoms with E-state index in [2.05, 4.69) is 15.5 Å². The molecule has 3 rings (SSSR count). The molecule has 1 saturated heterocycles. The van der Waals surface area contributed by atoms with Crippen molar-refractivity contribution in [1.29, 1.82) is 0 Å². The Balaban J connectivity index is 1.65. The average molecular weight is 357 g/mol. The van der Waals surface area contributed by atoms with Gasteiger partial charge in [-0.1, -0.05) is 36.4 Å². The monoisotopic (exact) mass is 357 g/mol. The summed E-state index contributed by atoms with van der Waals surface area (Å²) in [5.74, 6) is 0.398. The van der Waals surface area contributed by atoms with Crippen LogP contribution in [0.1, 0.15) is 17.2 Å². The second kappa shape index (κ2) is 8.78. The topological polar surface area (TPSA) is 53.6 Å². The first kappa shape index (κ1) is 18.4. The van der Waals surface area contributed by atoms with Crippen LogP contribution in [-0.2, 0) is 11.3 Å². The number of carbonyl (C=O) groups is 1. The van der Waals surface area contributed by atoms with Crippen molar-refractivity contribution in [2.45, 2.75) is 12.6 Å². The summed E-state index contributed by atoms with van der Waals surface area (Å²) < 4.78 is 19.2. The van der Waals surface area contributed by atoms with Crippen LogP contribution in [0.3, 0.4) is 0 Å². The largest absolute Gasteiger partial charge is 0.496 e. The second-order valence-electron chi connectivity index (χ2n) is 6.30. The lowest BCUT2D eigenvalue weighted by Gasteiger charge is -2.36. The van der Waals surface area contributed by atoms with E-state index in [1.165, 1.54) is 6.07 Å². The highest BCUT2D eigenvalue weighted by Crippen LogP contribution is 2.29. The smallest absolute Gasteiger partial charge is 0.234 e. The van der Waals surface area contributed by atoms with Crippen molar-refractivity contribution < 1.29 is 13.9 Å². The van der Waals surface area contributed by atoms with Crippen LogP contribution in [0.15, 0.2) is 48.5 Å². The number of benzene rings is 2. The first-order chi connectivity index (χ1) is 12.7. The van der Waals surface area contributed by atoms with Crippen LogP contribution in [0.25, 0.3) is 0 Å². The summed E-state index contributed by atoms with van der Waals surface area (Å²) >= 11 is 0. The Kier molecular flexibility index (Phi) is 6.20. The number of nitrogens with zero attached hydrogens (tertiary/aromatic N) is 1. The molecular formula is C20H24FN3O2. The minimum absolute atomic E-state index is 0.0547. The highest BCUT2D eigenvalue weighted by molar-refractivity contribution is 5.78. The molecule has 0 bridgehead atoms. The molecule has 1 heterocycles. The maximum Gasteiger partial charge on any atom is 0.234 e. The molecule has 1 amide bonds. The molecule has 0 spiro atoms. The highest BCUT2D eigenvalue weighted by atomic mass is 19.1. The molecule has 1 aliphatic rings. The van der Waals surface area contributed by atoms with Crippen LogP contribution in [0.5, 0.6) is 5.75 Å². The molecule has 1 unspecified atom stereocenters. The Morgan fingerprint density at radius 2 is 2.04 bits per heavy atom. The van der Waals surface area contributed by atoms with Gasteiger partial charge in [0, 0.05) is 37.3 Å². The molecule has 0 aromatic heterocycles. The number of rotatable bonds is 6. The van der Waals surface area contributed by atoms with Gasteiger partial charge in [0.15, 0.2) is 0 Å². The van der Waals surface area contributed by atoms with Gasteiger partial charge in [0.25, 0.3) is 0 Å². The maximum absolute atomic E-state index is 13.7. The lowest BCUT2D eigenvalue weighted by molar-refractivity contribution is -0.123. The number of ether oxygens (including phenoxy) is 1. The van der Waals surface area contributed by atoms with Gasteiger partial charge in [-0.2, -0.15) is 0 Å². The van der Waals surface area contributed by atoms with Crippen molar-refractivity contribution in [2.24, 2.45) is 0 Å². The number of halogens is 1. The van der Waals surface area contributed by atoms with Crippen LogP contribution >= 0.6 is 0 Å². The van der Waals surface area contributed by atoms with E-state index in [-0.39, 0.29) is 30.9 Å². The van der Waals surface area contributed by atoms with Crippen LogP contribution < -0.4 is 15.4 Å². The Morgan fingerprint density at radius 1 is 1.27 bits per heavy atom. The molecule has 0 saturated carbocycles. The SMILES string of the molecule is COc1ccccc1C1CNCCN1CC(=O)NCc1ccccc1F. The van der Waals surface area contributed by atoms with E-state index in [4.69, 9.17) is 4.74 Å². The van der Waals surface area contributed by atoms with E-state index in [0.717, 1.165) is 30.9 Å². The number of para-hydroxylation sites is 1. The Bertz CT molecular complexity index is 753. The predicted molar refractivity (Wildman–Crippen MR) is 98.4 cm³/mol. The zero-order valence-corrected chi connectivity index (χ0v) is 14.9. The van der Waals surface area contributed by atoms with Gasteiger partial charge in [0.2, 0.25) is 5.91 Å². The molecule has 26 heavy (non-hydrogen) atoms. The molecule has 0 aliphatic carbocycles. The summed E-state index contributed by atoms with van der Waals surface area (Å²) in [7, 11) is 1.65. The molecule has 2 aromatic carbocycles. The lowest BCUT2D eigenvalue weighted by atomic mass is 10.0. The number of piperazine rings is 1. The van der Waals surface area contributed by atoms with Gasteiger partial charge in [0.05, 0.1) is 19.7 Å². The fraction of sp³-hybridized carbons (Fsp3) is 0.350. The van der Waals surface area contributed by atoms with Gasteiger partial charge >= 0.3 is 0 Å². The number of methoxy groups -OCH3 is 1. The number of hydrogen-bond donors (Lipinski definition) is 2.